The summed E-state index contributed by atoms with van der Waals surface area (Å²) in [5.41, 5.74) is 0. The van der Waals surface area contributed by atoms with Crippen LogP contribution < -0.4 is 0 Å². The number of hydrogen-bond donors (Lipinski definition) is 0. The quantitative estimate of drug-likeness (QED) is 0.521. The molecule has 0 aliphatic rings. The second-order valence-electron chi connectivity index (χ2n) is 3.75. The lowest BCUT2D eigenvalue weighted by atomic mass is 10.1. The minimum atomic E-state index is 1.11. The van der Waals surface area contributed by atoms with Gasteiger partial charge in [-0.25, -0.2) is 0 Å². The summed E-state index contributed by atoms with van der Waals surface area (Å²) in [6.45, 7) is 2.25. The van der Waals surface area contributed by atoms with Crippen LogP contribution in [-0.2, 0) is 6.42 Å². The fraction of sp³-hybridized carbons (Fsp3) is 0.667. The molecule has 0 aromatic carbocycles. The SMILES string of the molecule is CCCCCCCCc1cc(I)co1. The smallest absolute Gasteiger partial charge is 0.104 e. The van der Waals surface area contributed by atoms with Gasteiger partial charge in [0.1, 0.15) is 12.0 Å². The Morgan fingerprint density at radius 3 is 2.50 bits per heavy atom. The molecule has 0 aliphatic carbocycles. The summed E-state index contributed by atoms with van der Waals surface area (Å²) in [6, 6.07) is 2.13. The van der Waals surface area contributed by atoms with Crippen molar-refractivity contribution >= 4 is 22.6 Å². The van der Waals surface area contributed by atoms with Crippen LogP contribution >= 0.6 is 22.6 Å². The van der Waals surface area contributed by atoms with Crippen molar-refractivity contribution in [2.45, 2.75) is 51.9 Å². The Hall–Kier alpha value is 0.01000. The molecule has 1 aromatic heterocycles. The Bertz CT molecular complexity index is 242. The Kier molecular flexibility index (Phi) is 6.32. The van der Waals surface area contributed by atoms with E-state index in [1.54, 1.807) is 0 Å². The first-order valence-electron chi connectivity index (χ1n) is 5.56. The van der Waals surface area contributed by atoms with E-state index in [1.165, 1.54) is 42.1 Å². The van der Waals surface area contributed by atoms with Crippen molar-refractivity contribution in [1.29, 1.82) is 0 Å². The molecule has 0 fully saturated rings. The molecule has 0 amide bonds. The molecule has 1 nitrogen and oxygen atoms in total. The first-order chi connectivity index (χ1) is 6.83. The van der Waals surface area contributed by atoms with Gasteiger partial charge in [-0.1, -0.05) is 39.0 Å². The Morgan fingerprint density at radius 1 is 1.14 bits per heavy atom. The number of halogens is 1. The molecule has 2 heteroatoms. The first-order valence-corrected chi connectivity index (χ1v) is 6.63. The van der Waals surface area contributed by atoms with Crippen molar-refractivity contribution in [3.05, 3.63) is 21.7 Å². The molecular formula is C12H19IO. The molecule has 0 saturated carbocycles. The maximum absolute atomic E-state index is 5.38. The standard InChI is InChI=1S/C12H19IO/c1-2-3-4-5-6-7-8-12-9-11(13)10-14-12/h9-10H,2-8H2,1H3. The van der Waals surface area contributed by atoms with Crippen LogP contribution in [0.15, 0.2) is 16.7 Å². The first kappa shape index (κ1) is 12.1. The summed E-state index contributed by atoms with van der Waals surface area (Å²) in [5, 5.41) is 0. The van der Waals surface area contributed by atoms with E-state index in [1.807, 2.05) is 6.26 Å². The summed E-state index contributed by atoms with van der Waals surface area (Å²) >= 11 is 2.29. The van der Waals surface area contributed by atoms with Gasteiger partial charge in [0.25, 0.3) is 0 Å². The van der Waals surface area contributed by atoms with Crippen LogP contribution in [0.2, 0.25) is 0 Å². The Balaban J connectivity index is 1.99. The van der Waals surface area contributed by atoms with E-state index in [9.17, 15) is 0 Å². The predicted molar refractivity (Wildman–Crippen MR) is 68.5 cm³/mol. The third-order valence-corrected chi connectivity index (χ3v) is 2.96. The molecule has 0 atom stereocenters. The largest absolute Gasteiger partial charge is 0.468 e. The lowest BCUT2D eigenvalue weighted by molar-refractivity contribution is 0.491. The van der Waals surface area contributed by atoms with Crippen molar-refractivity contribution in [2.75, 3.05) is 0 Å². The number of hydrogen-bond acceptors (Lipinski definition) is 1. The number of furan rings is 1. The summed E-state index contributed by atoms with van der Waals surface area (Å²) in [7, 11) is 0. The molecule has 0 bridgehead atoms. The molecule has 0 radical (unpaired) electrons. The van der Waals surface area contributed by atoms with Crippen molar-refractivity contribution in [1.82, 2.24) is 0 Å². The average molecular weight is 306 g/mol. The summed E-state index contributed by atoms with van der Waals surface area (Å²) in [4.78, 5) is 0. The highest BCUT2D eigenvalue weighted by Crippen LogP contribution is 2.14. The fourth-order valence-electron chi connectivity index (χ4n) is 1.56. The second-order valence-corrected chi connectivity index (χ2v) is 4.99. The van der Waals surface area contributed by atoms with Gasteiger partial charge in [-0.2, -0.15) is 0 Å². The van der Waals surface area contributed by atoms with Gasteiger partial charge >= 0.3 is 0 Å². The van der Waals surface area contributed by atoms with Gasteiger partial charge in [-0.15, -0.1) is 0 Å². The molecule has 0 spiro atoms. The molecule has 0 unspecified atom stereocenters. The zero-order chi connectivity index (χ0) is 10.2. The summed E-state index contributed by atoms with van der Waals surface area (Å²) in [6.07, 6.45) is 11.0. The van der Waals surface area contributed by atoms with Crippen LogP contribution in [0.3, 0.4) is 0 Å². The topological polar surface area (TPSA) is 13.1 Å². The summed E-state index contributed by atoms with van der Waals surface area (Å²) in [5.74, 6) is 1.14. The number of rotatable bonds is 7. The molecule has 1 heterocycles. The molecule has 0 N–H and O–H groups in total. The number of aryl methyl sites for hydroxylation is 1. The van der Waals surface area contributed by atoms with Crippen LogP contribution in [0.4, 0.5) is 0 Å². The van der Waals surface area contributed by atoms with Gasteiger partial charge in [0.05, 0.1) is 3.57 Å². The van der Waals surface area contributed by atoms with Crippen LogP contribution in [0.5, 0.6) is 0 Å². The van der Waals surface area contributed by atoms with Crippen LogP contribution in [0.25, 0.3) is 0 Å². The molecule has 0 aliphatic heterocycles. The number of unbranched alkanes of at least 4 members (excludes halogenated alkanes) is 5. The van der Waals surface area contributed by atoms with E-state index in [4.69, 9.17) is 4.42 Å². The second kappa shape index (κ2) is 7.32. The zero-order valence-electron chi connectivity index (χ0n) is 8.89. The minimum absolute atomic E-state index is 1.11. The van der Waals surface area contributed by atoms with E-state index in [2.05, 4.69) is 35.6 Å². The fourth-order valence-corrected chi connectivity index (χ4v) is 2.04. The molecule has 14 heavy (non-hydrogen) atoms. The van der Waals surface area contributed by atoms with Crippen molar-refractivity contribution < 1.29 is 4.42 Å². The van der Waals surface area contributed by atoms with E-state index < -0.39 is 0 Å². The lowest BCUT2D eigenvalue weighted by Gasteiger charge is -1.98. The van der Waals surface area contributed by atoms with Crippen molar-refractivity contribution in [3.8, 4) is 0 Å². The highest BCUT2D eigenvalue weighted by molar-refractivity contribution is 14.1. The van der Waals surface area contributed by atoms with Gasteiger partial charge in [-0.3, -0.25) is 0 Å². The molecule has 1 rings (SSSR count). The predicted octanol–water partition coefficient (Wildman–Crippen LogP) is 4.79. The van der Waals surface area contributed by atoms with E-state index in [0.29, 0.717) is 0 Å². The van der Waals surface area contributed by atoms with E-state index in [-0.39, 0.29) is 0 Å². The summed E-state index contributed by atoms with van der Waals surface area (Å²) < 4.78 is 6.60. The van der Waals surface area contributed by atoms with Gasteiger partial charge in [0, 0.05) is 6.42 Å². The molecule has 0 saturated heterocycles. The van der Waals surface area contributed by atoms with Crippen molar-refractivity contribution in [2.24, 2.45) is 0 Å². The Labute approximate surface area is 100 Å². The highest BCUT2D eigenvalue weighted by Gasteiger charge is 1.98. The van der Waals surface area contributed by atoms with E-state index >= 15 is 0 Å². The van der Waals surface area contributed by atoms with Crippen LogP contribution in [0.1, 0.15) is 51.2 Å². The third kappa shape index (κ3) is 5.03. The molecule has 80 valence electrons. The molecule has 1 aromatic rings. The molecular weight excluding hydrogens is 287 g/mol. The van der Waals surface area contributed by atoms with E-state index in [0.717, 1.165) is 12.2 Å². The van der Waals surface area contributed by atoms with Crippen molar-refractivity contribution in [3.63, 3.8) is 0 Å². The van der Waals surface area contributed by atoms with Gasteiger partial charge < -0.3 is 4.42 Å². The minimum Gasteiger partial charge on any atom is -0.468 e. The maximum atomic E-state index is 5.38. The average Bonchev–Trinajstić information content (AvgIpc) is 2.58. The zero-order valence-corrected chi connectivity index (χ0v) is 11.0. The maximum Gasteiger partial charge on any atom is 0.104 e. The third-order valence-electron chi connectivity index (χ3n) is 2.40. The monoisotopic (exact) mass is 306 g/mol. The van der Waals surface area contributed by atoms with Crippen LogP contribution in [0, 0.1) is 3.57 Å². The Morgan fingerprint density at radius 2 is 1.86 bits per heavy atom. The lowest BCUT2D eigenvalue weighted by Crippen LogP contribution is -1.83. The normalized spacial score (nSPS) is 10.7. The van der Waals surface area contributed by atoms with Crippen LogP contribution in [-0.4, -0.2) is 0 Å². The van der Waals surface area contributed by atoms with Gasteiger partial charge in [0.2, 0.25) is 0 Å². The van der Waals surface area contributed by atoms with Gasteiger partial charge in [-0.05, 0) is 35.1 Å². The highest BCUT2D eigenvalue weighted by atomic mass is 127. The van der Waals surface area contributed by atoms with Gasteiger partial charge in [0.15, 0.2) is 0 Å².